The van der Waals surface area contributed by atoms with Gasteiger partial charge < -0.3 is 18.9 Å². The van der Waals surface area contributed by atoms with Crippen LogP contribution in [0.25, 0.3) is 11.1 Å². The maximum atomic E-state index is 12.3. The zero-order chi connectivity index (χ0) is 29.5. The Hall–Kier alpha value is -5.24. The summed E-state index contributed by atoms with van der Waals surface area (Å²) in [5, 5.41) is 0. The van der Waals surface area contributed by atoms with Crippen molar-refractivity contribution in [3.05, 3.63) is 110 Å². The Labute approximate surface area is 233 Å². The maximum Gasteiger partial charge on any atom is 0.338 e. The highest BCUT2D eigenvalue weighted by Crippen LogP contribution is 2.33. The van der Waals surface area contributed by atoms with Crippen LogP contribution in [0.2, 0.25) is 0 Å². The second-order valence-corrected chi connectivity index (χ2v) is 8.17. The van der Waals surface area contributed by atoms with E-state index >= 15 is 0 Å². The quantitative estimate of drug-likeness (QED) is 0.129. The lowest BCUT2D eigenvalue weighted by molar-refractivity contribution is -0.134. The molecule has 3 aromatic rings. The van der Waals surface area contributed by atoms with Crippen LogP contribution in [0, 0.1) is 0 Å². The number of methoxy groups -OCH3 is 1. The van der Waals surface area contributed by atoms with Gasteiger partial charge in [-0.2, -0.15) is 0 Å². The van der Waals surface area contributed by atoms with Crippen molar-refractivity contribution in [1.29, 1.82) is 0 Å². The fourth-order valence-corrected chi connectivity index (χ4v) is 3.15. The van der Waals surface area contributed by atoms with E-state index in [4.69, 9.17) is 23.7 Å². The van der Waals surface area contributed by atoms with Crippen molar-refractivity contribution in [3.8, 4) is 34.1 Å². The molecule has 0 aliphatic rings. The largest absolute Gasteiger partial charge is 0.493 e. The zero-order valence-corrected chi connectivity index (χ0v) is 22.4. The Balaban J connectivity index is 0.00000131. The molecule has 0 N–H and O–H groups in total. The normalized spacial score (nSPS) is 9.65. The lowest BCUT2D eigenvalue weighted by atomic mass is 10.0. The van der Waals surface area contributed by atoms with Gasteiger partial charge in [-0.1, -0.05) is 50.1 Å². The van der Waals surface area contributed by atoms with Crippen LogP contribution in [0.5, 0.6) is 23.0 Å². The molecule has 0 spiro atoms. The molecule has 0 amide bonds. The van der Waals surface area contributed by atoms with Crippen molar-refractivity contribution in [2.24, 2.45) is 0 Å². The first-order valence-corrected chi connectivity index (χ1v) is 12.1. The van der Waals surface area contributed by atoms with Crippen LogP contribution in [0.3, 0.4) is 0 Å². The summed E-state index contributed by atoms with van der Waals surface area (Å²) in [6.45, 7) is 11.6. The molecule has 0 unspecified atom stereocenters. The molecule has 8 heteroatoms. The van der Waals surface area contributed by atoms with Gasteiger partial charge in [0.2, 0.25) is 0 Å². The summed E-state index contributed by atoms with van der Waals surface area (Å²) in [5.41, 5.74) is 2.81. The van der Waals surface area contributed by atoms with Gasteiger partial charge in [-0.05, 0) is 72.5 Å². The molecule has 0 saturated carbocycles. The zero-order valence-electron chi connectivity index (χ0n) is 22.4. The predicted octanol–water partition coefficient (Wildman–Crippen LogP) is 5.84. The molecule has 0 heterocycles. The van der Waals surface area contributed by atoms with Gasteiger partial charge in [0.1, 0.15) is 17.8 Å². The molecule has 0 radical (unpaired) electrons. The van der Waals surface area contributed by atoms with Crippen molar-refractivity contribution >= 4 is 24.2 Å². The predicted molar refractivity (Wildman–Crippen MR) is 151 cm³/mol. The van der Waals surface area contributed by atoms with Crippen LogP contribution < -0.4 is 18.9 Å². The summed E-state index contributed by atoms with van der Waals surface area (Å²) in [6.07, 6.45) is 3.58. The van der Waals surface area contributed by atoms with Crippen molar-refractivity contribution in [2.75, 3.05) is 7.11 Å². The number of hydrogen-bond acceptors (Lipinski definition) is 8. The third-order valence-electron chi connectivity index (χ3n) is 5.16. The Morgan fingerprint density at radius 1 is 0.800 bits per heavy atom. The minimum Gasteiger partial charge on any atom is -0.493 e. The second kappa shape index (κ2) is 15.9. The van der Waals surface area contributed by atoms with E-state index in [1.807, 2.05) is 6.07 Å². The summed E-state index contributed by atoms with van der Waals surface area (Å²) in [6, 6.07) is 19.1. The SMILES string of the molecule is C=CC(=O)Oc1ccc(CCC(=O)Oc2ccc(-c3ccc(OC)c(OC(=O)C(=C)C)c3)cc2)cc1.C=CC=O. The van der Waals surface area contributed by atoms with Crippen LogP contribution in [0.1, 0.15) is 18.9 Å². The van der Waals surface area contributed by atoms with Gasteiger partial charge in [-0.15, -0.1) is 0 Å². The van der Waals surface area contributed by atoms with Gasteiger partial charge in [-0.3, -0.25) is 9.59 Å². The molecule has 40 heavy (non-hydrogen) atoms. The van der Waals surface area contributed by atoms with Gasteiger partial charge in [0.15, 0.2) is 11.5 Å². The molecule has 0 fully saturated rings. The lowest BCUT2D eigenvalue weighted by Gasteiger charge is -2.12. The van der Waals surface area contributed by atoms with E-state index in [1.165, 1.54) is 13.2 Å². The van der Waals surface area contributed by atoms with Gasteiger partial charge in [-0.25, -0.2) is 9.59 Å². The van der Waals surface area contributed by atoms with E-state index in [1.54, 1.807) is 67.6 Å². The summed E-state index contributed by atoms with van der Waals surface area (Å²) < 4.78 is 21.1. The Morgan fingerprint density at radius 2 is 1.38 bits per heavy atom. The Kier molecular flexibility index (Phi) is 12.3. The van der Waals surface area contributed by atoms with Crippen molar-refractivity contribution < 1.29 is 38.1 Å². The molecular weight excluding hydrogens is 512 g/mol. The van der Waals surface area contributed by atoms with Gasteiger partial charge in [0.25, 0.3) is 0 Å². The number of hydrogen-bond donors (Lipinski definition) is 0. The number of esters is 3. The molecule has 206 valence electrons. The molecular formula is C32H30O8. The molecule has 3 aromatic carbocycles. The van der Waals surface area contributed by atoms with Gasteiger partial charge >= 0.3 is 17.9 Å². The highest BCUT2D eigenvalue weighted by atomic mass is 16.6. The van der Waals surface area contributed by atoms with Crippen LogP contribution in [-0.2, 0) is 25.6 Å². The van der Waals surface area contributed by atoms with Crippen molar-refractivity contribution in [2.45, 2.75) is 19.8 Å². The number of benzene rings is 3. The number of ether oxygens (including phenoxy) is 4. The van der Waals surface area contributed by atoms with Crippen molar-refractivity contribution in [1.82, 2.24) is 0 Å². The van der Waals surface area contributed by atoms with E-state index in [0.29, 0.717) is 30.0 Å². The topological polar surface area (TPSA) is 105 Å². The van der Waals surface area contributed by atoms with Crippen molar-refractivity contribution in [3.63, 3.8) is 0 Å². The van der Waals surface area contributed by atoms with E-state index in [9.17, 15) is 14.4 Å². The number of rotatable bonds is 11. The summed E-state index contributed by atoms with van der Waals surface area (Å²) in [5.74, 6) is 0.0815. The fourth-order valence-electron chi connectivity index (χ4n) is 3.15. The third-order valence-corrected chi connectivity index (χ3v) is 5.16. The second-order valence-electron chi connectivity index (χ2n) is 8.17. The molecule has 0 atom stereocenters. The molecule has 0 aromatic heterocycles. The van der Waals surface area contributed by atoms with Crippen LogP contribution >= 0.6 is 0 Å². The molecule has 3 rings (SSSR count). The van der Waals surface area contributed by atoms with E-state index in [2.05, 4.69) is 19.7 Å². The number of allylic oxidation sites excluding steroid dienone is 1. The Bertz CT molecular complexity index is 1360. The average Bonchev–Trinajstić information content (AvgIpc) is 2.97. The minimum atomic E-state index is -0.542. The van der Waals surface area contributed by atoms with Crippen LogP contribution in [0.4, 0.5) is 0 Å². The number of carbonyl (C=O) groups excluding carboxylic acids is 4. The highest BCUT2D eigenvalue weighted by Gasteiger charge is 2.13. The summed E-state index contributed by atoms with van der Waals surface area (Å²) in [7, 11) is 1.49. The number of aldehydes is 1. The lowest BCUT2D eigenvalue weighted by Crippen LogP contribution is -2.09. The van der Waals surface area contributed by atoms with Crippen LogP contribution in [0.15, 0.2) is 104 Å². The monoisotopic (exact) mass is 542 g/mol. The Morgan fingerprint density at radius 3 is 1.93 bits per heavy atom. The summed E-state index contributed by atoms with van der Waals surface area (Å²) >= 11 is 0. The first-order valence-electron chi connectivity index (χ1n) is 12.1. The van der Waals surface area contributed by atoms with E-state index in [0.717, 1.165) is 22.8 Å². The molecule has 8 nitrogen and oxygen atoms in total. The smallest absolute Gasteiger partial charge is 0.338 e. The minimum absolute atomic E-state index is 0.184. The molecule has 0 bridgehead atoms. The van der Waals surface area contributed by atoms with Crippen LogP contribution in [-0.4, -0.2) is 31.3 Å². The average molecular weight is 543 g/mol. The highest BCUT2D eigenvalue weighted by molar-refractivity contribution is 5.89. The number of aryl methyl sites for hydroxylation is 1. The molecule has 0 aliphatic heterocycles. The van der Waals surface area contributed by atoms with E-state index in [-0.39, 0.29) is 23.7 Å². The number of carbonyl (C=O) groups is 4. The fraction of sp³-hybridized carbons (Fsp3) is 0.125. The van der Waals surface area contributed by atoms with E-state index < -0.39 is 11.9 Å². The van der Waals surface area contributed by atoms with Gasteiger partial charge in [0.05, 0.1) is 7.11 Å². The standard InChI is InChI=1S/C29H26O7.C3H4O/c1-5-27(30)34-23-12-6-20(7-13-23)8-17-28(31)35-24-14-9-21(10-15-24)22-11-16-25(33-4)26(18-22)36-29(32)19(2)3;1-2-3-4/h5-7,9-16,18H,1-2,8,17H2,3-4H3;2-3H,1H2. The first-order chi connectivity index (χ1) is 19.2. The molecule has 0 aliphatic carbocycles. The summed E-state index contributed by atoms with van der Waals surface area (Å²) in [4.78, 5) is 44.5. The molecule has 0 saturated heterocycles. The third kappa shape index (κ3) is 9.90. The van der Waals surface area contributed by atoms with Gasteiger partial charge in [0, 0.05) is 18.1 Å². The maximum absolute atomic E-state index is 12.3. The first kappa shape index (κ1) is 31.0.